The zero-order valence-electron chi connectivity index (χ0n) is 21.4. The second-order valence-corrected chi connectivity index (χ2v) is 8.96. The van der Waals surface area contributed by atoms with Crippen LogP contribution >= 0.6 is 0 Å². The Balaban J connectivity index is 1.45. The van der Waals surface area contributed by atoms with Crippen LogP contribution in [0.2, 0.25) is 0 Å². The molecule has 0 aliphatic rings. The Hall–Kier alpha value is -5.83. The van der Waals surface area contributed by atoms with E-state index in [-0.39, 0.29) is 34.0 Å². The molecule has 3 N–H and O–H groups in total. The number of hydrogen-bond acceptors (Lipinski definition) is 9. The average Bonchev–Trinajstić information content (AvgIpc) is 3.57. The third-order valence-corrected chi connectivity index (χ3v) is 6.22. The number of pyridine rings is 2. The van der Waals surface area contributed by atoms with Gasteiger partial charge in [-0.1, -0.05) is 29.3 Å². The maximum atomic E-state index is 13.9. The number of aromatic nitrogens is 7. The summed E-state index contributed by atoms with van der Waals surface area (Å²) in [7, 11) is 1.78. The number of amides is 1. The molecule has 196 valence electrons. The number of aryl methyl sites for hydroxylation is 1. The fourth-order valence-electron chi connectivity index (χ4n) is 4.35. The van der Waals surface area contributed by atoms with Crippen molar-refractivity contribution < 1.29 is 9.32 Å². The van der Waals surface area contributed by atoms with Crippen LogP contribution < -0.4 is 16.6 Å². The number of carbonyl (C=O) groups excluding carboxylic acids is 1. The van der Waals surface area contributed by atoms with Crippen LogP contribution in [0, 0.1) is 11.8 Å². The molecule has 0 aliphatic heterocycles. The van der Waals surface area contributed by atoms with Crippen molar-refractivity contribution in [1.29, 1.82) is 0 Å². The standard InChI is InChI=1S/C28H21N9O3/c1-16(33-26(38)22-23-18(7-6-12-30-23)14-31-24(22)29)25-34-27-21(28(39)37(25)19-8-4-3-5-9-19)20(35-40-27)11-10-17-13-32-36(2)15-17/h3-9,12-16H,1-2H3,(H2,29,31)(H,33,38)/t16-/m0/s1. The average molecular weight is 532 g/mol. The van der Waals surface area contributed by atoms with Gasteiger partial charge in [0, 0.05) is 31.0 Å². The number of nitrogen functional groups attached to an aromatic ring is 1. The van der Waals surface area contributed by atoms with Crippen molar-refractivity contribution in [2.75, 3.05) is 5.73 Å². The first-order valence-corrected chi connectivity index (χ1v) is 12.2. The Bertz CT molecular complexity index is 2030. The normalized spacial score (nSPS) is 11.8. The lowest BCUT2D eigenvalue weighted by Crippen LogP contribution is -2.33. The first-order valence-electron chi connectivity index (χ1n) is 12.2. The van der Waals surface area contributed by atoms with Crippen molar-refractivity contribution in [1.82, 2.24) is 39.8 Å². The van der Waals surface area contributed by atoms with E-state index in [1.165, 1.54) is 4.57 Å². The molecule has 0 saturated carbocycles. The number of rotatable bonds is 4. The van der Waals surface area contributed by atoms with Gasteiger partial charge in [-0.3, -0.25) is 23.8 Å². The molecule has 0 unspecified atom stereocenters. The Morgan fingerprint density at radius 2 is 1.93 bits per heavy atom. The summed E-state index contributed by atoms with van der Waals surface area (Å²) in [5.41, 5.74) is 7.50. The molecule has 5 heterocycles. The molecule has 0 aliphatic carbocycles. The quantitative estimate of drug-likeness (QED) is 0.326. The maximum Gasteiger partial charge on any atom is 0.272 e. The van der Waals surface area contributed by atoms with Gasteiger partial charge in [0.25, 0.3) is 17.2 Å². The van der Waals surface area contributed by atoms with Crippen LogP contribution in [0.25, 0.3) is 27.7 Å². The number of anilines is 1. The van der Waals surface area contributed by atoms with E-state index in [2.05, 4.69) is 42.4 Å². The second-order valence-electron chi connectivity index (χ2n) is 8.96. The molecule has 0 saturated heterocycles. The van der Waals surface area contributed by atoms with Crippen LogP contribution in [-0.2, 0) is 7.05 Å². The molecule has 12 heteroatoms. The van der Waals surface area contributed by atoms with Gasteiger partial charge in [-0.25, -0.2) is 4.98 Å². The van der Waals surface area contributed by atoms with Crippen molar-refractivity contribution in [2.45, 2.75) is 13.0 Å². The third kappa shape index (κ3) is 4.31. The van der Waals surface area contributed by atoms with Gasteiger partial charge in [-0.2, -0.15) is 10.1 Å². The molecule has 1 atom stereocenters. The minimum Gasteiger partial charge on any atom is -0.383 e. The highest BCUT2D eigenvalue weighted by atomic mass is 16.5. The first kappa shape index (κ1) is 24.5. The number of fused-ring (bicyclic) bond motifs is 2. The van der Waals surface area contributed by atoms with Gasteiger partial charge in [-0.15, -0.1) is 0 Å². The van der Waals surface area contributed by atoms with Gasteiger partial charge in [0.2, 0.25) is 0 Å². The lowest BCUT2D eigenvalue weighted by molar-refractivity contribution is 0.0940. The zero-order valence-corrected chi connectivity index (χ0v) is 21.4. The summed E-state index contributed by atoms with van der Waals surface area (Å²) >= 11 is 0. The minimum absolute atomic E-state index is 0.00299. The topological polar surface area (TPSA) is 160 Å². The Labute approximate surface area is 226 Å². The van der Waals surface area contributed by atoms with E-state index in [4.69, 9.17) is 10.3 Å². The first-order chi connectivity index (χ1) is 19.4. The smallest absolute Gasteiger partial charge is 0.272 e. The maximum absolute atomic E-state index is 13.9. The van der Waals surface area contributed by atoms with Gasteiger partial charge in [0.1, 0.15) is 22.6 Å². The molecule has 0 fully saturated rings. The Morgan fingerprint density at radius 1 is 1.10 bits per heavy atom. The monoisotopic (exact) mass is 531 g/mol. The van der Waals surface area contributed by atoms with Crippen LogP contribution in [0.4, 0.5) is 5.82 Å². The predicted octanol–water partition coefficient (Wildman–Crippen LogP) is 2.52. The molecular formula is C28H21N9O3. The van der Waals surface area contributed by atoms with E-state index in [9.17, 15) is 9.59 Å². The van der Waals surface area contributed by atoms with Crippen molar-refractivity contribution in [2.24, 2.45) is 7.05 Å². The molecule has 0 spiro atoms. The van der Waals surface area contributed by atoms with Gasteiger partial charge in [0.05, 0.1) is 29.0 Å². The van der Waals surface area contributed by atoms with Gasteiger partial charge in [0.15, 0.2) is 5.69 Å². The minimum atomic E-state index is -0.766. The Morgan fingerprint density at radius 3 is 2.70 bits per heavy atom. The van der Waals surface area contributed by atoms with E-state index >= 15 is 0 Å². The summed E-state index contributed by atoms with van der Waals surface area (Å²) in [5.74, 6) is 5.56. The molecule has 6 rings (SSSR count). The fourth-order valence-corrected chi connectivity index (χ4v) is 4.35. The summed E-state index contributed by atoms with van der Waals surface area (Å²) in [4.78, 5) is 40.4. The second kappa shape index (κ2) is 9.80. The largest absolute Gasteiger partial charge is 0.383 e. The lowest BCUT2D eigenvalue weighted by atomic mass is 10.1. The highest BCUT2D eigenvalue weighted by Crippen LogP contribution is 2.23. The highest BCUT2D eigenvalue weighted by Gasteiger charge is 2.25. The summed E-state index contributed by atoms with van der Waals surface area (Å²) in [6.45, 7) is 1.70. The summed E-state index contributed by atoms with van der Waals surface area (Å²) in [6.07, 6.45) is 6.47. The molecule has 12 nitrogen and oxygen atoms in total. The molecule has 5 aromatic heterocycles. The number of nitrogens with one attached hydrogen (secondary N) is 1. The van der Waals surface area contributed by atoms with E-state index < -0.39 is 17.5 Å². The van der Waals surface area contributed by atoms with Crippen LogP contribution in [0.15, 0.2) is 76.6 Å². The van der Waals surface area contributed by atoms with Crippen molar-refractivity contribution in [3.05, 3.63) is 100 Å². The lowest BCUT2D eigenvalue weighted by Gasteiger charge is -2.19. The van der Waals surface area contributed by atoms with Crippen molar-refractivity contribution in [3.8, 4) is 17.5 Å². The van der Waals surface area contributed by atoms with E-state index in [1.807, 2.05) is 6.07 Å². The number of benzene rings is 1. The number of carbonyl (C=O) groups is 1. The molecule has 40 heavy (non-hydrogen) atoms. The van der Waals surface area contributed by atoms with Crippen molar-refractivity contribution >= 4 is 33.7 Å². The number of nitrogens with two attached hydrogens (primary N) is 1. The predicted molar refractivity (Wildman–Crippen MR) is 146 cm³/mol. The molecule has 6 aromatic rings. The SMILES string of the molecule is C[C@H](NC(=O)c1c(N)ncc2cccnc12)c1nc2onc(C#Cc3cnn(C)c3)c2c(=O)n1-c1ccccc1. The molecule has 1 amide bonds. The summed E-state index contributed by atoms with van der Waals surface area (Å²) in [6, 6.07) is 11.7. The van der Waals surface area contributed by atoms with E-state index in [0.717, 1.165) is 0 Å². The van der Waals surface area contributed by atoms with Crippen molar-refractivity contribution in [3.63, 3.8) is 0 Å². The zero-order chi connectivity index (χ0) is 27.8. The Kier molecular flexibility index (Phi) is 6.01. The van der Waals surface area contributed by atoms with Gasteiger partial charge < -0.3 is 15.6 Å². The van der Waals surface area contributed by atoms with E-state index in [0.29, 0.717) is 22.2 Å². The molecular weight excluding hydrogens is 510 g/mol. The van der Waals surface area contributed by atoms with Crippen LogP contribution in [0.5, 0.6) is 0 Å². The number of nitrogens with zero attached hydrogens (tertiary/aromatic N) is 7. The highest BCUT2D eigenvalue weighted by molar-refractivity contribution is 6.09. The van der Waals surface area contributed by atoms with Crippen LogP contribution in [-0.4, -0.2) is 40.4 Å². The number of hydrogen-bond donors (Lipinski definition) is 2. The number of para-hydroxylation sites is 1. The van der Waals surface area contributed by atoms with Gasteiger partial charge >= 0.3 is 0 Å². The van der Waals surface area contributed by atoms with Crippen LogP contribution in [0.3, 0.4) is 0 Å². The third-order valence-electron chi connectivity index (χ3n) is 6.22. The fraction of sp³-hybridized carbons (Fsp3) is 0.107. The molecule has 0 radical (unpaired) electrons. The van der Waals surface area contributed by atoms with Gasteiger partial charge in [-0.05, 0) is 37.1 Å². The van der Waals surface area contributed by atoms with Crippen LogP contribution in [0.1, 0.15) is 40.4 Å². The molecule has 1 aromatic carbocycles. The van der Waals surface area contributed by atoms with E-state index in [1.54, 1.807) is 79.8 Å². The summed E-state index contributed by atoms with van der Waals surface area (Å²) in [5, 5.41) is 11.8. The molecule has 0 bridgehead atoms. The summed E-state index contributed by atoms with van der Waals surface area (Å²) < 4.78 is 8.45.